The van der Waals surface area contributed by atoms with Crippen LogP contribution in [0, 0.1) is 23.5 Å². The molecule has 2 unspecified atom stereocenters. The van der Waals surface area contributed by atoms with Gasteiger partial charge in [0, 0.05) is 51.2 Å². The molecule has 26 heavy (non-hydrogen) atoms. The second-order valence-corrected chi connectivity index (χ2v) is 7.03. The molecule has 8 heteroatoms. The Bertz CT molecular complexity index is 795. The normalized spacial score (nSPS) is 22.6. The van der Waals surface area contributed by atoms with Gasteiger partial charge in [-0.15, -0.1) is 0 Å². The third-order valence-corrected chi connectivity index (χ3v) is 5.10. The number of hydrogen-bond donors (Lipinski definition) is 1. The number of carbonyl (C=O) groups excluding carboxylic acids is 1. The molecule has 2 atom stereocenters. The summed E-state index contributed by atoms with van der Waals surface area (Å²) in [5.74, 6) is -0.0905. The molecule has 0 aliphatic carbocycles. The highest BCUT2D eigenvalue weighted by Crippen LogP contribution is 2.33. The number of aromatic nitrogens is 2. The van der Waals surface area contributed by atoms with Gasteiger partial charge in [0.25, 0.3) is 5.91 Å². The third-order valence-electron chi connectivity index (χ3n) is 5.10. The zero-order chi connectivity index (χ0) is 18.3. The SMILES string of the molecule is NC(=O)c1cnc(N2CC3CN(Cc4cc(F)cc(F)c4)CC3C2)nc1. The predicted molar refractivity (Wildman–Crippen MR) is 91.4 cm³/mol. The van der Waals surface area contributed by atoms with Crippen LogP contribution in [0.15, 0.2) is 30.6 Å². The summed E-state index contributed by atoms with van der Waals surface area (Å²) in [6, 6.07) is 3.67. The van der Waals surface area contributed by atoms with E-state index in [0.29, 0.717) is 35.5 Å². The number of nitrogens with zero attached hydrogens (tertiary/aromatic N) is 4. The van der Waals surface area contributed by atoms with Gasteiger partial charge in [-0.25, -0.2) is 18.7 Å². The molecule has 2 aliphatic rings. The van der Waals surface area contributed by atoms with Gasteiger partial charge in [0.1, 0.15) is 11.6 Å². The maximum atomic E-state index is 13.3. The average molecular weight is 359 g/mol. The zero-order valence-electron chi connectivity index (χ0n) is 14.1. The van der Waals surface area contributed by atoms with Crippen LogP contribution in [0.4, 0.5) is 14.7 Å². The van der Waals surface area contributed by atoms with Gasteiger partial charge in [-0.05, 0) is 29.5 Å². The van der Waals surface area contributed by atoms with E-state index in [0.717, 1.165) is 32.2 Å². The standard InChI is InChI=1S/C18H19F2N5O/c19-15-1-11(2-16(20)3-15)6-24-7-13-9-25(10-14(13)8-24)18-22-4-12(5-23-18)17(21)26/h1-5,13-14H,6-10H2,(H2,21,26). The Balaban J connectivity index is 1.37. The number of likely N-dealkylation sites (tertiary alicyclic amines) is 1. The van der Waals surface area contributed by atoms with Gasteiger partial charge in [0.05, 0.1) is 5.56 Å². The van der Waals surface area contributed by atoms with Crippen LogP contribution in [0.1, 0.15) is 15.9 Å². The number of fused-ring (bicyclic) bond motifs is 1. The molecule has 1 aromatic carbocycles. The molecule has 2 aliphatic heterocycles. The Morgan fingerprint density at radius 3 is 2.15 bits per heavy atom. The first-order chi connectivity index (χ1) is 12.5. The number of rotatable bonds is 4. The van der Waals surface area contributed by atoms with Crippen molar-refractivity contribution in [3.8, 4) is 0 Å². The van der Waals surface area contributed by atoms with E-state index in [2.05, 4.69) is 19.8 Å². The Kier molecular flexibility index (Phi) is 4.28. The molecule has 3 heterocycles. The number of carbonyl (C=O) groups is 1. The lowest BCUT2D eigenvalue weighted by Gasteiger charge is -2.21. The number of halogens is 2. The number of anilines is 1. The maximum Gasteiger partial charge on any atom is 0.251 e. The van der Waals surface area contributed by atoms with Crippen molar-refractivity contribution in [3.05, 3.63) is 53.4 Å². The average Bonchev–Trinajstić information content (AvgIpc) is 3.12. The smallest absolute Gasteiger partial charge is 0.251 e. The molecular weight excluding hydrogens is 340 g/mol. The van der Waals surface area contributed by atoms with Crippen LogP contribution in [0.2, 0.25) is 0 Å². The minimum Gasteiger partial charge on any atom is -0.366 e. The molecule has 2 aromatic rings. The summed E-state index contributed by atoms with van der Waals surface area (Å²) in [5, 5.41) is 0. The summed E-state index contributed by atoms with van der Waals surface area (Å²) < 4.78 is 26.7. The predicted octanol–water partition coefficient (Wildman–Crippen LogP) is 1.42. The van der Waals surface area contributed by atoms with Crippen LogP contribution >= 0.6 is 0 Å². The summed E-state index contributed by atoms with van der Waals surface area (Å²) >= 11 is 0. The molecule has 0 radical (unpaired) electrons. The van der Waals surface area contributed by atoms with Gasteiger partial charge in [-0.1, -0.05) is 0 Å². The molecule has 136 valence electrons. The van der Waals surface area contributed by atoms with Crippen LogP contribution in [-0.4, -0.2) is 47.0 Å². The Morgan fingerprint density at radius 1 is 1.04 bits per heavy atom. The number of benzene rings is 1. The van der Waals surface area contributed by atoms with E-state index in [9.17, 15) is 13.6 Å². The summed E-state index contributed by atoms with van der Waals surface area (Å²) in [6.07, 6.45) is 2.90. The maximum absolute atomic E-state index is 13.3. The quantitative estimate of drug-likeness (QED) is 0.894. The molecule has 0 saturated carbocycles. The van der Waals surface area contributed by atoms with Crippen LogP contribution in [0.25, 0.3) is 0 Å². The largest absolute Gasteiger partial charge is 0.366 e. The first-order valence-corrected chi connectivity index (χ1v) is 8.52. The van der Waals surface area contributed by atoms with E-state index in [1.54, 1.807) is 0 Å². The third kappa shape index (κ3) is 3.37. The lowest BCUT2D eigenvalue weighted by atomic mass is 10.0. The molecule has 2 N–H and O–H groups in total. The first-order valence-electron chi connectivity index (χ1n) is 8.52. The first kappa shape index (κ1) is 16.8. The number of nitrogens with two attached hydrogens (primary N) is 1. The van der Waals surface area contributed by atoms with Crippen molar-refractivity contribution in [2.45, 2.75) is 6.54 Å². The molecule has 1 aromatic heterocycles. The van der Waals surface area contributed by atoms with E-state index in [1.807, 2.05) is 0 Å². The van der Waals surface area contributed by atoms with Gasteiger partial charge in [-0.2, -0.15) is 0 Å². The fraction of sp³-hybridized carbons (Fsp3) is 0.389. The second kappa shape index (κ2) is 6.60. The van der Waals surface area contributed by atoms with Crippen molar-refractivity contribution < 1.29 is 13.6 Å². The summed E-state index contributed by atoms with van der Waals surface area (Å²) in [7, 11) is 0. The molecule has 2 fully saturated rings. The fourth-order valence-corrected chi connectivity index (χ4v) is 3.95. The van der Waals surface area contributed by atoms with Gasteiger partial charge in [-0.3, -0.25) is 9.69 Å². The molecule has 0 bridgehead atoms. The lowest BCUT2D eigenvalue weighted by molar-refractivity contribution is 0.0999. The molecule has 4 rings (SSSR count). The minimum absolute atomic E-state index is 0.293. The van der Waals surface area contributed by atoms with Crippen LogP contribution in [0.3, 0.4) is 0 Å². The zero-order valence-corrected chi connectivity index (χ0v) is 14.1. The van der Waals surface area contributed by atoms with Crippen molar-refractivity contribution >= 4 is 11.9 Å². The van der Waals surface area contributed by atoms with E-state index in [1.165, 1.54) is 24.5 Å². The monoisotopic (exact) mass is 359 g/mol. The van der Waals surface area contributed by atoms with Crippen molar-refractivity contribution in [1.82, 2.24) is 14.9 Å². The van der Waals surface area contributed by atoms with Gasteiger partial charge < -0.3 is 10.6 Å². The van der Waals surface area contributed by atoms with Crippen LogP contribution < -0.4 is 10.6 Å². The number of amides is 1. The van der Waals surface area contributed by atoms with Crippen LogP contribution in [-0.2, 0) is 6.54 Å². The highest BCUT2D eigenvalue weighted by molar-refractivity contribution is 5.92. The second-order valence-electron chi connectivity index (χ2n) is 7.03. The van der Waals surface area contributed by atoms with E-state index in [4.69, 9.17) is 5.73 Å². The fourth-order valence-electron chi connectivity index (χ4n) is 3.95. The molecule has 0 spiro atoms. The molecular formula is C18H19F2N5O. The molecule has 2 saturated heterocycles. The van der Waals surface area contributed by atoms with Crippen LogP contribution in [0.5, 0.6) is 0 Å². The van der Waals surface area contributed by atoms with Gasteiger partial charge >= 0.3 is 0 Å². The summed E-state index contributed by atoms with van der Waals surface area (Å²) in [6.45, 7) is 3.95. The summed E-state index contributed by atoms with van der Waals surface area (Å²) in [5.41, 5.74) is 6.15. The summed E-state index contributed by atoms with van der Waals surface area (Å²) in [4.78, 5) is 23.9. The van der Waals surface area contributed by atoms with Gasteiger partial charge in [0.15, 0.2) is 0 Å². The highest BCUT2D eigenvalue weighted by Gasteiger charge is 2.40. The molecule has 1 amide bonds. The Hall–Kier alpha value is -2.61. The van der Waals surface area contributed by atoms with Crippen molar-refractivity contribution in [2.75, 3.05) is 31.1 Å². The van der Waals surface area contributed by atoms with Crippen molar-refractivity contribution in [2.24, 2.45) is 17.6 Å². The Morgan fingerprint density at radius 2 is 1.62 bits per heavy atom. The van der Waals surface area contributed by atoms with Crippen molar-refractivity contribution in [1.29, 1.82) is 0 Å². The van der Waals surface area contributed by atoms with Crippen molar-refractivity contribution in [3.63, 3.8) is 0 Å². The van der Waals surface area contributed by atoms with E-state index < -0.39 is 17.5 Å². The minimum atomic E-state index is -0.542. The molecule has 6 nitrogen and oxygen atoms in total. The van der Waals surface area contributed by atoms with Gasteiger partial charge in [0.2, 0.25) is 5.95 Å². The lowest BCUT2D eigenvalue weighted by Crippen LogP contribution is -2.29. The van der Waals surface area contributed by atoms with E-state index in [-0.39, 0.29) is 0 Å². The van der Waals surface area contributed by atoms with E-state index >= 15 is 0 Å². The topological polar surface area (TPSA) is 75.4 Å². The highest BCUT2D eigenvalue weighted by atomic mass is 19.1. The Labute approximate surface area is 149 Å². The number of hydrogen-bond acceptors (Lipinski definition) is 5. The number of primary amides is 1.